The van der Waals surface area contributed by atoms with Gasteiger partial charge in [-0.25, -0.2) is 0 Å². The third kappa shape index (κ3) is 2.64. The third-order valence-corrected chi connectivity index (χ3v) is 6.21. The molecule has 4 rings (SSSR count). The van der Waals surface area contributed by atoms with Gasteiger partial charge in [0.05, 0.1) is 5.70 Å². The molecule has 1 N–H and O–H groups in total. The first-order valence-corrected chi connectivity index (χ1v) is 10.1. The molecule has 1 fully saturated rings. The predicted octanol–water partition coefficient (Wildman–Crippen LogP) is 2.89. The summed E-state index contributed by atoms with van der Waals surface area (Å²) >= 11 is 0. The van der Waals surface area contributed by atoms with Gasteiger partial charge in [-0.2, -0.15) is 0 Å². The highest BCUT2D eigenvalue weighted by Gasteiger charge is 2.59. The minimum absolute atomic E-state index is 0.0811. The second-order valence-corrected chi connectivity index (χ2v) is 8.70. The average molecular weight is 380 g/mol. The summed E-state index contributed by atoms with van der Waals surface area (Å²) in [6, 6.07) is 7.88. The lowest BCUT2D eigenvalue weighted by Crippen LogP contribution is -2.59. The number of aliphatic hydroxyl groups is 1. The summed E-state index contributed by atoms with van der Waals surface area (Å²) in [7, 11) is 0. The standard InChI is InChI=1S/C23H28N2O3/c1-4-12-23(28)20(26)18(21(27)24-13-8-5-9-14-24)19-17-11-7-6-10-16(17)15-22(2,3)25(19)23/h4,6-7,10-11,28H,1,5,8-9,12-15H2,2-3H3. The van der Waals surface area contributed by atoms with Gasteiger partial charge in [-0.1, -0.05) is 30.3 Å². The highest BCUT2D eigenvalue weighted by atomic mass is 16.3. The molecule has 5 heteroatoms. The molecule has 1 unspecified atom stereocenters. The van der Waals surface area contributed by atoms with Crippen LogP contribution in [0.1, 0.15) is 50.7 Å². The van der Waals surface area contributed by atoms with Crippen LogP contribution in [-0.4, -0.2) is 51.0 Å². The van der Waals surface area contributed by atoms with Crippen molar-refractivity contribution in [2.24, 2.45) is 0 Å². The highest BCUT2D eigenvalue weighted by molar-refractivity contribution is 6.29. The normalized spacial score (nSPS) is 26.2. The van der Waals surface area contributed by atoms with E-state index in [1.807, 2.05) is 38.1 Å². The fourth-order valence-corrected chi connectivity index (χ4v) is 5.05. The number of ketones is 1. The molecule has 0 saturated carbocycles. The minimum Gasteiger partial charge on any atom is -0.364 e. The first-order chi connectivity index (χ1) is 13.3. The average Bonchev–Trinajstić information content (AvgIpc) is 2.91. The Morgan fingerprint density at radius 3 is 2.57 bits per heavy atom. The number of hydrogen-bond acceptors (Lipinski definition) is 4. The first-order valence-electron chi connectivity index (χ1n) is 10.1. The zero-order valence-electron chi connectivity index (χ0n) is 16.7. The van der Waals surface area contributed by atoms with E-state index < -0.39 is 17.0 Å². The molecule has 1 amide bonds. The van der Waals surface area contributed by atoms with Gasteiger partial charge in [0.2, 0.25) is 11.5 Å². The monoisotopic (exact) mass is 380 g/mol. The van der Waals surface area contributed by atoms with E-state index in [1.54, 1.807) is 15.9 Å². The number of amides is 1. The van der Waals surface area contributed by atoms with Crippen LogP contribution >= 0.6 is 0 Å². The van der Waals surface area contributed by atoms with Gasteiger partial charge in [-0.3, -0.25) is 9.59 Å². The van der Waals surface area contributed by atoms with E-state index in [1.165, 1.54) is 0 Å². The SMILES string of the molecule is C=CCC1(O)C(=O)C(C(=O)N2CCCCC2)=C2c3ccccc3CC(C)(C)N21. The molecular formula is C23H28N2O3. The van der Waals surface area contributed by atoms with E-state index in [0.29, 0.717) is 25.2 Å². The summed E-state index contributed by atoms with van der Waals surface area (Å²) in [6.45, 7) is 9.09. The van der Waals surface area contributed by atoms with Crippen molar-refractivity contribution in [3.8, 4) is 0 Å². The Balaban J connectivity index is 1.94. The molecule has 0 aromatic heterocycles. The van der Waals surface area contributed by atoms with Crippen molar-refractivity contribution in [2.75, 3.05) is 13.1 Å². The molecule has 148 valence electrons. The Bertz CT molecular complexity index is 880. The number of Topliss-reactive ketones (excluding diaryl/α,β-unsaturated/α-hetero) is 1. The number of benzene rings is 1. The van der Waals surface area contributed by atoms with Crippen LogP contribution in [0.15, 0.2) is 42.5 Å². The Kier molecular flexibility index (Phi) is 4.46. The van der Waals surface area contributed by atoms with E-state index >= 15 is 0 Å². The lowest BCUT2D eigenvalue weighted by atomic mass is 9.83. The largest absolute Gasteiger partial charge is 0.364 e. The van der Waals surface area contributed by atoms with Gasteiger partial charge in [0.15, 0.2) is 0 Å². The number of piperidine rings is 1. The highest BCUT2D eigenvalue weighted by Crippen LogP contribution is 2.50. The molecular weight excluding hydrogens is 352 g/mol. The lowest BCUT2D eigenvalue weighted by molar-refractivity contribution is -0.155. The smallest absolute Gasteiger partial charge is 0.259 e. The zero-order chi connectivity index (χ0) is 20.1. The van der Waals surface area contributed by atoms with E-state index in [-0.39, 0.29) is 17.9 Å². The van der Waals surface area contributed by atoms with Crippen LogP contribution in [0, 0.1) is 0 Å². The van der Waals surface area contributed by atoms with Crippen molar-refractivity contribution < 1.29 is 14.7 Å². The number of nitrogens with zero attached hydrogens (tertiary/aromatic N) is 2. The number of carbonyl (C=O) groups excluding carboxylic acids is 2. The summed E-state index contributed by atoms with van der Waals surface area (Å²) in [5.74, 6) is -0.750. The number of carbonyl (C=O) groups is 2. The molecule has 0 bridgehead atoms. The Morgan fingerprint density at radius 2 is 1.89 bits per heavy atom. The number of hydrogen-bond donors (Lipinski definition) is 1. The molecule has 0 aliphatic carbocycles. The third-order valence-electron chi connectivity index (χ3n) is 6.21. The Labute approximate surface area is 166 Å². The number of likely N-dealkylation sites (tertiary alicyclic amines) is 1. The molecule has 3 aliphatic rings. The second kappa shape index (κ2) is 6.59. The van der Waals surface area contributed by atoms with Crippen molar-refractivity contribution in [2.45, 2.75) is 57.2 Å². The first kappa shape index (κ1) is 18.9. The quantitative estimate of drug-likeness (QED) is 0.647. The molecule has 1 aromatic rings. The molecule has 3 aliphatic heterocycles. The van der Waals surface area contributed by atoms with Gasteiger partial charge >= 0.3 is 0 Å². The minimum atomic E-state index is -1.77. The van der Waals surface area contributed by atoms with Crippen LogP contribution < -0.4 is 0 Å². The molecule has 28 heavy (non-hydrogen) atoms. The summed E-state index contributed by atoms with van der Waals surface area (Å²) in [5.41, 5.74) is 0.396. The molecule has 0 radical (unpaired) electrons. The van der Waals surface area contributed by atoms with Crippen LogP contribution in [0.25, 0.3) is 5.70 Å². The number of rotatable bonds is 3. The topological polar surface area (TPSA) is 60.9 Å². The van der Waals surface area contributed by atoms with Gasteiger partial charge in [-0.15, -0.1) is 6.58 Å². The fraction of sp³-hybridized carbons (Fsp3) is 0.478. The maximum Gasteiger partial charge on any atom is 0.259 e. The van der Waals surface area contributed by atoms with Crippen molar-refractivity contribution in [1.29, 1.82) is 0 Å². The molecule has 1 atom stereocenters. The molecule has 3 heterocycles. The van der Waals surface area contributed by atoms with Crippen LogP contribution in [0.4, 0.5) is 0 Å². The second-order valence-electron chi connectivity index (χ2n) is 8.70. The number of fused-ring (bicyclic) bond motifs is 3. The Hall–Kier alpha value is -2.40. The summed E-state index contributed by atoms with van der Waals surface area (Å²) in [6.07, 6.45) is 5.32. The molecule has 1 saturated heterocycles. The van der Waals surface area contributed by atoms with Crippen LogP contribution in [0.3, 0.4) is 0 Å². The summed E-state index contributed by atoms with van der Waals surface area (Å²) in [5, 5.41) is 11.5. The van der Waals surface area contributed by atoms with Crippen molar-refractivity contribution >= 4 is 17.4 Å². The van der Waals surface area contributed by atoms with Gasteiger partial charge in [0.1, 0.15) is 5.57 Å². The van der Waals surface area contributed by atoms with Crippen LogP contribution in [0.2, 0.25) is 0 Å². The van der Waals surface area contributed by atoms with Gasteiger partial charge in [0.25, 0.3) is 5.91 Å². The molecule has 5 nitrogen and oxygen atoms in total. The van der Waals surface area contributed by atoms with Crippen LogP contribution in [-0.2, 0) is 16.0 Å². The fourth-order valence-electron chi connectivity index (χ4n) is 5.05. The van der Waals surface area contributed by atoms with Crippen molar-refractivity contribution in [3.05, 3.63) is 53.6 Å². The predicted molar refractivity (Wildman–Crippen MR) is 108 cm³/mol. The van der Waals surface area contributed by atoms with E-state index in [2.05, 4.69) is 6.58 Å². The van der Waals surface area contributed by atoms with Crippen molar-refractivity contribution in [1.82, 2.24) is 9.80 Å². The van der Waals surface area contributed by atoms with Gasteiger partial charge in [-0.05, 0) is 45.1 Å². The zero-order valence-corrected chi connectivity index (χ0v) is 16.7. The summed E-state index contributed by atoms with van der Waals surface area (Å²) < 4.78 is 0. The van der Waals surface area contributed by atoms with Gasteiger partial charge < -0.3 is 14.9 Å². The van der Waals surface area contributed by atoms with E-state index in [9.17, 15) is 14.7 Å². The molecule has 0 spiro atoms. The van der Waals surface area contributed by atoms with E-state index in [0.717, 1.165) is 30.4 Å². The lowest BCUT2D eigenvalue weighted by Gasteiger charge is -2.50. The van der Waals surface area contributed by atoms with E-state index in [4.69, 9.17) is 0 Å². The van der Waals surface area contributed by atoms with Crippen molar-refractivity contribution in [3.63, 3.8) is 0 Å². The maximum atomic E-state index is 13.5. The Morgan fingerprint density at radius 1 is 1.21 bits per heavy atom. The maximum absolute atomic E-state index is 13.5. The summed E-state index contributed by atoms with van der Waals surface area (Å²) in [4.78, 5) is 30.5. The molecule has 1 aromatic carbocycles. The van der Waals surface area contributed by atoms with Gasteiger partial charge in [0, 0.05) is 30.6 Å². The van der Waals surface area contributed by atoms with Crippen LogP contribution in [0.5, 0.6) is 0 Å².